The van der Waals surface area contributed by atoms with Crippen LogP contribution in [0.25, 0.3) is 10.8 Å². The molecule has 33 heavy (non-hydrogen) atoms. The van der Waals surface area contributed by atoms with Crippen molar-refractivity contribution in [3.8, 4) is 11.5 Å². The lowest BCUT2D eigenvalue weighted by Gasteiger charge is -2.26. The lowest BCUT2D eigenvalue weighted by atomic mass is 10.0. The number of thioether (sulfide) groups is 1. The number of fused-ring (bicyclic) bond motifs is 1. The quantitative estimate of drug-likeness (QED) is 0.216. The standard InChI is InChI=1S/C21H25ClO10S/c1-9(23)5-15(27)19(33-8-16(28)20(29)30)12(24)4-2-3-10-6-11-17(21(31)32-10)13(25)7-14(26)18(11)22/h2,4,6-7,9,12,15-16,19,23-28H,3,5,8H2,1H3,(H,29,30)/b4-2+. The van der Waals surface area contributed by atoms with E-state index < -0.39 is 52.8 Å². The van der Waals surface area contributed by atoms with Gasteiger partial charge in [-0.2, -0.15) is 0 Å². The number of hydrogen-bond acceptors (Lipinski definition) is 10. The van der Waals surface area contributed by atoms with E-state index in [4.69, 9.17) is 21.1 Å². The lowest BCUT2D eigenvalue weighted by Crippen LogP contribution is -2.37. The highest BCUT2D eigenvalue weighted by Crippen LogP contribution is 2.36. The molecule has 0 radical (unpaired) electrons. The van der Waals surface area contributed by atoms with E-state index in [0.29, 0.717) is 0 Å². The van der Waals surface area contributed by atoms with Gasteiger partial charge in [0, 0.05) is 30.0 Å². The second-order valence-electron chi connectivity index (χ2n) is 7.44. The number of hydrogen-bond donors (Lipinski definition) is 7. The Morgan fingerprint density at radius 2 is 1.85 bits per heavy atom. The Bertz CT molecular complexity index is 1070. The molecule has 1 aromatic carbocycles. The van der Waals surface area contributed by atoms with Crippen molar-refractivity contribution in [1.82, 2.24) is 0 Å². The van der Waals surface area contributed by atoms with Gasteiger partial charge in [0.05, 0.1) is 28.6 Å². The molecule has 12 heteroatoms. The monoisotopic (exact) mass is 504 g/mol. The first-order valence-corrected chi connectivity index (χ1v) is 11.3. The van der Waals surface area contributed by atoms with Crippen molar-refractivity contribution in [2.24, 2.45) is 0 Å². The van der Waals surface area contributed by atoms with Gasteiger partial charge in [0.2, 0.25) is 0 Å². The van der Waals surface area contributed by atoms with E-state index in [1.54, 1.807) is 0 Å². The normalized spacial score (nSPS) is 16.5. The summed E-state index contributed by atoms with van der Waals surface area (Å²) in [4.78, 5) is 23.0. The summed E-state index contributed by atoms with van der Waals surface area (Å²) in [5, 5.41) is 67.1. The summed E-state index contributed by atoms with van der Waals surface area (Å²) >= 11 is 6.85. The number of benzene rings is 1. The van der Waals surface area contributed by atoms with Crippen molar-refractivity contribution < 1.29 is 45.0 Å². The molecule has 0 aliphatic carbocycles. The zero-order valence-corrected chi connectivity index (χ0v) is 19.0. The second kappa shape index (κ2) is 11.7. The molecule has 182 valence electrons. The van der Waals surface area contributed by atoms with Crippen molar-refractivity contribution >= 4 is 40.1 Å². The minimum Gasteiger partial charge on any atom is -0.507 e. The molecular formula is C21H25ClO10S. The molecule has 0 spiro atoms. The molecule has 7 N–H and O–H groups in total. The van der Waals surface area contributed by atoms with Gasteiger partial charge in [0.1, 0.15) is 22.6 Å². The van der Waals surface area contributed by atoms with E-state index >= 15 is 0 Å². The first-order valence-electron chi connectivity index (χ1n) is 9.82. The Kier molecular flexibility index (Phi) is 9.58. The summed E-state index contributed by atoms with van der Waals surface area (Å²) in [6, 6.07) is 2.28. The number of carboxylic acids is 1. The Morgan fingerprint density at radius 1 is 1.18 bits per heavy atom. The fourth-order valence-electron chi connectivity index (χ4n) is 3.09. The Balaban J connectivity index is 2.21. The molecule has 2 rings (SSSR count). The van der Waals surface area contributed by atoms with Crippen LogP contribution in [0.1, 0.15) is 19.1 Å². The predicted molar refractivity (Wildman–Crippen MR) is 122 cm³/mol. The van der Waals surface area contributed by atoms with Crippen LogP contribution in [-0.2, 0) is 11.2 Å². The minimum absolute atomic E-state index is 0.00335. The molecule has 0 amide bonds. The lowest BCUT2D eigenvalue weighted by molar-refractivity contribution is -0.145. The van der Waals surface area contributed by atoms with E-state index in [9.17, 15) is 40.2 Å². The number of aliphatic carboxylic acids is 1. The zero-order valence-electron chi connectivity index (χ0n) is 17.5. The van der Waals surface area contributed by atoms with Crippen LogP contribution in [0.5, 0.6) is 11.5 Å². The predicted octanol–water partition coefficient (Wildman–Crippen LogP) is 0.996. The van der Waals surface area contributed by atoms with E-state index in [0.717, 1.165) is 17.8 Å². The van der Waals surface area contributed by atoms with E-state index in [2.05, 4.69) is 0 Å². The molecule has 5 unspecified atom stereocenters. The molecule has 0 aliphatic rings. The highest BCUT2D eigenvalue weighted by atomic mass is 35.5. The van der Waals surface area contributed by atoms with Gasteiger partial charge in [-0.25, -0.2) is 9.59 Å². The van der Waals surface area contributed by atoms with Crippen LogP contribution in [0.4, 0.5) is 0 Å². The van der Waals surface area contributed by atoms with E-state index in [1.165, 1.54) is 25.1 Å². The number of phenols is 2. The van der Waals surface area contributed by atoms with Crippen molar-refractivity contribution in [2.75, 3.05) is 5.75 Å². The maximum absolute atomic E-state index is 12.2. The maximum Gasteiger partial charge on any atom is 0.347 e. The van der Waals surface area contributed by atoms with Crippen molar-refractivity contribution in [3.05, 3.63) is 45.5 Å². The molecule has 1 heterocycles. The van der Waals surface area contributed by atoms with Gasteiger partial charge in [-0.05, 0) is 13.0 Å². The van der Waals surface area contributed by atoms with Crippen molar-refractivity contribution in [3.63, 3.8) is 0 Å². The van der Waals surface area contributed by atoms with Crippen LogP contribution in [0.3, 0.4) is 0 Å². The fourth-order valence-corrected chi connectivity index (χ4v) is 4.46. The fraction of sp³-hybridized carbons (Fsp3) is 0.429. The molecule has 0 fully saturated rings. The average molecular weight is 505 g/mol. The number of aromatic hydroxyl groups is 2. The molecular weight excluding hydrogens is 480 g/mol. The van der Waals surface area contributed by atoms with E-state index in [1.807, 2.05) is 0 Å². The molecule has 10 nitrogen and oxygen atoms in total. The summed E-state index contributed by atoms with van der Waals surface area (Å²) in [5.41, 5.74) is -0.876. The number of carboxylic acid groups (broad SMARTS) is 1. The highest BCUT2D eigenvalue weighted by molar-refractivity contribution is 8.00. The van der Waals surface area contributed by atoms with Crippen LogP contribution < -0.4 is 5.63 Å². The van der Waals surface area contributed by atoms with Gasteiger partial charge in [-0.3, -0.25) is 0 Å². The van der Waals surface area contributed by atoms with Gasteiger partial charge in [-0.1, -0.05) is 23.8 Å². The van der Waals surface area contributed by atoms with Gasteiger partial charge in [-0.15, -0.1) is 11.8 Å². The number of carbonyl (C=O) groups is 1. The number of aliphatic hydroxyl groups is 4. The third kappa shape index (κ3) is 7.10. The number of halogens is 1. The zero-order chi connectivity index (χ0) is 24.9. The minimum atomic E-state index is -1.70. The van der Waals surface area contributed by atoms with Gasteiger partial charge in [0.15, 0.2) is 6.10 Å². The van der Waals surface area contributed by atoms with Gasteiger partial charge in [0.25, 0.3) is 0 Å². The molecule has 5 atom stereocenters. The summed E-state index contributed by atoms with van der Waals surface area (Å²) in [6.07, 6.45) is -2.45. The van der Waals surface area contributed by atoms with E-state index in [-0.39, 0.29) is 40.1 Å². The first kappa shape index (κ1) is 27.0. The third-order valence-electron chi connectivity index (χ3n) is 4.68. The van der Waals surface area contributed by atoms with Gasteiger partial charge >= 0.3 is 11.6 Å². The largest absolute Gasteiger partial charge is 0.507 e. The first-order chi connectivity index (χ1) is 15.4. The van der Waals surface area contributed by atoms with Crippen molar-refractivity contribution in [1.29, 1.82) is 0 Å². The van der Waals surface area contributed by atoms with Crippen LogP contribution in [0.2, 0.25) is 5.02 Å². The molecule has 0 saturated heterocycles. The average Bonchev–Trinajstić information content (AvgIpc) is 2.70. The summed E-state index contributed by atoms with van der Waals surface area (Å²) < 4.78 is 5.14. The van der Waals surface area contributed by atoms with Crippen LogP contribution in [0.15, 0.2) is 33.5 Å². The van der Waals surface area contributed by atoms with Crippen LogP contribution >= 0.6 is 23.4 Å². The molecule has 0 bridgehead atoms. The Morgan fingerprint density at radius 3 is 2.45 bits per heavy atom. The molecule has 0 aliphatic heterocycles. The second-order valence-corrected chi connectivity index (χ2v) is 9.03. The highest BCUT2D eigenvalue weighted by Gasteiger charge is 2.29. The topological polar surface area (TPSA) is 189 Å². The maximum atomic E-state index is 12.2. The smallest absolute Gasteiger partial charge is 0.347 e. The summed E-state index contributed by atoms with van der Waals surface area (Å²) in [7, 11) is 0. The summed E-state index contributed by atoms with van der Waals surface area (Å²) in [6.45, 7) is 1.45. The molecule has 2 aromatic rings. The van der Waals surface area contributed by atoms with Gasteiger partial charge < -0.3 is 40.2 Å². The third-order valence-corrected chi connectivity index (χ3v) is 6.56. The molecule has 1 aromatic heterocycles. The molecule has 0 saturated carbocycles. The van der Waals surface area contributed by atoms with Crippen LogP contribution in [0, 0.1) is 0 Å². The number of phenolic OH excluding ortho intramolecular Hbond substituents is 2. The number of allylic oxidation sites excluding steroid dienone is 1. The number of aliphatic hydroxyl groups excluding tert-OH is 4. The summed E-state index contributed by atoms with van der Waals surface area (Å²) in [5.74, 6) is -2.54. The Labute approximate surface area is 197 Å². The van der Waals surface area contributed by atoms with Crippen molar-refractivity contribution in [2.45, 2.75) is 49.4 Å². The number of rotatable bonds is 11. The Hall–Kier alpha value is -2.28. The van der Waals surface area contributed by atoms with Crippen LogP contribution in [-0.4, -0.2) is 77.1 Å². The SMILES string of the molecule is CC(O)CC(O)C(SCC(O)C(=O)O)C(O)/C=C/Cc1cc2c(Cl)c(O)cc(O)c2c(=O)o1.